The van der Waals surface area contributed by atoms with Crippen molar-refractivity contribution in [3.05, 3.63) is 93.0 Å². The molecule has 6 nitrogen and oxygen atoms in total. The van der Waals surface area contributed by atoms with E-state index in [1.54, 1.807) is 39.8 Å². The second kappa shape index (κ2) is 11.9. The van der Waals surface area contributed by atoms with Gasteiger partial charge in [-0.1, -0.05) is 75.2 Å². The molecule has 0 spiro atoms. The lowest BCUT2D eigenvalue weighted by molar-refractivity contribution is -0.137. The SMILES string of the molecule is Cc1cc(C)c(C(=O)P(=O)(C(=O)c2c(C)cc(C)cc2C)c2cccc(OC(=O)C3[C@H](C)C3(C)C(C)(C)CCN)c2)c(C)c1. The lowest BCUT2D eigenvalue weighted by atomic mass is 9.72. The lowest BCUT2D eigenvalue weighted by Crippen LogP contribution is -2.31. The summed E-state index contributed by atoms with van der Waals surface area (Å²) < 4.78 is 21.2. The smallest absolute Gasteiger partial charge is 0.315 e. The van der Waals surface area contributed by atoms with Crippen molar-refractivity contribution in [3.8, 4) is 5.75 Å². The van der Waals surface area contributed by atoms with Crippen LogP contribution in [0.2, 0.25) is 0 Å². The van der Waals surface area contributed by atoms with Crippen molar-refractivity contribution in [2.45, 2.75) is 75.7 Å². The topological polar surface area (TPSA) is 104 Å². The van der Waals surface area contributed by atoms with Crippen molar-refractivity contribution >= 4 is 29.5 Å². The van der Waals surface area contributed by atoms with Gasteiger partial charge in [-0.2, -0.15) is 0 Å². The second-order valence-corrected chi connectivity index (χ2v) is 16.2. The Morgan fingerprint density at radius 3 is 1.73 bits per heavy atom. The highest BCUT2D eigenvalue weighted by Crippen LogP contribution is 2.68. The minimum absolute atomic E-state index is 0.0478. The Hall–Kier alpha value is -3.34. The summed E-state index contributed by atoms with van der Waals surface area (Å²) in [4.78, 5) is 42.5. The molecule has 2 N–H and O–H groups in total. The minimum Gasteiger partial charge on any atom is -0.426 e. The molecule has 1 fully saturated rings. The zero-order valence-corrected chi connectivity index (χ0v) is 28.6. The molecule has 0 heterocycles. The molecule has 1 saturated carbocycles. The monoisotopic (exact) mass is 615 g/mol. The van der Waals surface area contributed by atoms with E-state index < -0.39 is 18.2 Å². The molecule has 1 aliphatic rings. The maximum Gasteiger partial charge on any atom is 0.315 e. The van der Waals surface area contributed by atoms with Crippen LogP contribution in [0.1, 0.15) is 88.2 Å². The van der Waals surface area contributed by atoms with Crippen molar-refractivity contribution < 1.29 is 23.7 Å². The third-order valence-electron chi connectivity index (χ3n) is 10.2. The largest absolute Gasteiger partial charge is 0.426 e. The molecule has 44 heavy (non-hydrogen) atoms. The van der Waals surface area contributed by atoms with E-state index in [0.29, 0.717) is 28.8 Å². The summed E-state index contributed by atoms with van der Waals surface area (Å²) in [6, 6.07) is 13.6. The van der Waals surface area contributed by atoms with Crippen LogP contribution in [0, 0.1) is 64.2 Å². The Labute approximate surface area is 262 Å². The van der Waals surface area contributed by atoms with E-state index >= 15 is 4.57 Å². The predicted octanol–water partition coefficient (Wildman–Crippen LogP) is 7.76. The fourth-order valence-electron chi connectivity index (χ4n) is 7.44. The van der Waals surface area contributed by atoms with E-state index in [9.17, 15) is 14.4 Å². The first-order valence-corrected chi connectivity index (χ1v) is 17.0. The number of esters is 1. The van der Waals surface area contributed by atoms with Gasteiger partial charge in [0.05, 0.1) is 5.92 Å². The molecule has 234 valence electrons. The van der Waals surface area contributed by atoms with Crippen molar-refractivity contribution in [1.82, 2.24) is 0 Å². The number of ether oxygens (including phenoxy) is 1. The van der Waals surface area contributed by atoms with E-state index in [2.05, 4.69) is 20.8 Å². The van der Waals surface area contributed by atoms with Crippen molar-refractivity contribution in [1.29, 1.82) is 0 Å². The number of hydrogen-bond acceptors (Lipinski definition) is 6. The average molecular weight is 616 g/mol. The van der Waals surface area contributed by atoms with E-state index in [1.807, 2.05) is 45.0 Å². The van der Waals surface area contributed by atoms with Gasteiger partial charge >= 0.3 is 5.97 Å². The molecule has 0 aromatic heterocycles. The first-order chi connectivity index (χ1) is 20.4. The van der Waals surface area contributed by atoms with Gasteiger partial charge in [0.25, 0.3) is 0 Å². The zero-order chi connectivity index (χ0) is 32.9. The number of nitrogens with two attached hydrogens (primary N) is 1. The van der Waals surface area contributed by atoms with Crippen molar-refractivity contribution in [2.75, 3.05) is 6.54 Å². The van der Waals surface area contributed by atoms with Gasteiger partial charge in [-0.25, -0.2) is 0 Å². The van der Waals surface area contributed by atoms with Crippen LogP contribution in [0.3, 0.4) is 0 Å². The Balaban J connectivity index is 1.82. The van der Waals surface area contributed by atoms with Gasteiger partial charge in [0, 0.05) is 16.4 Å². The highest BCUT2D eigenvalue weighted by atomic mass is 31.2. The highest BCUT2D eigenvalue weighted by molar-refractivity contribution is 8.01. The molecule has 0 bridgehead atoms. The summed E-state index contributed by atoms with van der Waals surface area (Å²) in [5.74, 6) is -0.473. The molecule has 1 aliphatic carbocycles. The highest BCUT2D eigenvalue weighted by Gasteiger charge is 2.69. The van der Waals surface area contributed by atoms with Crippen LogP contribution in [0.25, 0.3) is 0 Å². The summed E-state index contributed by atoms with van der Waals surface area (Å²) in [6.07, 6.45) is 0.774. The number of hydrogen-bond donors (Lipinski definition) is 1. The molecule has 0 amide bonds. The summed E-state index contributed by atoms with van der Waals surface area (Å²) in [6.45, 7) is 20.0. The summed E-state index contributed by atoms with van der Waals surface area (Å²) in [5, 5.41) is 0.0478. The number of carbonyl (C=O) groups is 3. The van der Waals surface area contributed by atoms with Crippen LogP contribution in [0.15, 0.2) is 48.5 Å². The third-order valence-corrected chi connectivity index (χ3v) is 12.8. The van der Waals surface area contributed by atoms with Gasteiger partial charge in [-0.15, -0.1) is 0 Å². The van der Waals surface area contributed by atoms with Crippen molar-refractivity contribution in [2.24, 2.45) is 28.4 Å². The predicted molar refractivity (Wildman–Crippen MR) is 177 cm³/mol. The zero-order valence-electron chi connectivity index (χ0n) is 27.8. The molecule has 3 aromatic carbocycles. The molecular weight excluding hydrogens is 569 g/mol. The number of rotatable bonds is 10. The molecule has 0 aliphatic heterocycles. The molecule has 0 saturated heterocycles. The van der Waals surface area contributed by atoms with Crippen LogP contribution in [-0.2, 0) is 9.36 Å². The minimum atomic E-state index is -4.47. The summed E-state index contributed by atoms with van der Waals surface area (Å²) >= 11 is 0. The molecule has 3 atom stereocenters. The van der Waals surface area contributed by atoms with Gasteiger partial charge in [-0.05, 0) is 106 Å². The summed E-state index contributed by atoms with van der Waals surface area (Å²) in [7, 11) is -4.47. The first-order valence-electron chi connectivity index (χ1n) is 15.3. The van der Waals surface area contributed by atoms with E-state index in [-0.39, 0.29) is 50.8 Å². The number of aryl methyl sites for hydroxylation is 6. The average Bonchev–Trinajstić information content (AvgIpc) is 3.49. The molecule has 0 radical (unpaired) electrons. The third kappa shape index (κ3) is 5.52. The lowest BCUT2D eigenvalue weighted by Gasteiger charge is -2.33. The van der Waals surface area contributed by atoms with Gasteiger partial charge in [0.15, 0.2) is 0 Å². The molecule has 2 unspecified atom stereocenters. The molecule has 7 heteroatoms. The fourth-order valence-corrected chi connectivity index (χ4v) is 10.0. The van der Waals surface area contributed by atoms with Gasteiger partial charge in [0.1, 0.15) is 5.75 Å². The standard InChI is InChI=1S/C37H46NO5P/c1-21-16-23(3)30(24(4)17-21)34(40)44(42,35(41)31-25(5)18-22(2)19-26(31)6)29-13-11-12-28(20-29)43-33(39)32-27(7)37(32,10)36(8,9)14-15-38/h11-13,16-20,27,32H,14-15,38H2,1-10H3/t27-,32?,37?/m0/s1. The van der Waals surface area contributed by atoms with Crippen LogP contribution in [0.4, 0.5) is 0 Å². The summed E-state index contributed by atoms with van der Waals surface area (Å²) in [5.41, 5.74) is 9.09. The number of benzene rings is 3. The Kier molecular flexibility index (Phi) is 9.05. The van der Waals surface area contributed by atoms with Crippen LogP contribution >= 0.6 is 7.14 Å². The van der Waals surface area contributed by atoms with E-state index in [0.717, 1.165) is 17.5 Å². The molecule has 4 rings (SSSR count). The maximum absolute atomic E-state index is 15.3. The van der Waals surface area contributed by atoms with E-state index in [1.165, 1.54) is 12.1 Å². The van der Waals surface area contributed by atoms with Gasteiger partial charge < -0.3 is 15.0 Å². The van der Waals surface area contributed by atoms with Gasteiger partial charge in [-0.3, -0.25) is 14.4 Å². The molecular formula is C37H46NO5P. The Morgan fingerprint density at radius 1 is 0.841 bits per heavy atom. The first kappa shape index (κ1) is 33.6. The normalized spacial score (nSPS) is 19.9. The Morgan fingerprint density at radius 2 is 1.30 bits per heavy atom. The van der Waals surface area contributed by atoms with Crippen LogP contribution in [-0.4, -0.2) is 23.6 Å². The van der Waals surface area contributed by atoms with Gasteiger partial charge in [0.2, 0.25) is 18.2 Å². The fraction of sp³-hybridized carbons (Fsp3) is 0.432. The Bertz CT molecular complexity index is 1600. The quantitative estimate of drug-likeness (QED) is 0.142. The maximum atomic E-state index is 15.3. The van der Waals surface area contributed by atoms with E-state index in [4.69, 9.17) is 10.5 Å². The van der Waals surface area contributed by atoms with Crippen molar-refractivity contribution in [3.63, 3.8) is 0 Å². The van der Waals surface area contributed by atoms with Crippen LogP contribution < -0.4 is 15.8 Å². The van der Waals surface area contributed by atoms with Crippen LogP contribution in [0.5, 0.6) is 5.75 Å². The number of carbonyl (C=O) groups excluding carboxylic acids is 3. The second-order valence-electron chi connectivity index (χ2n) is 13.7. The molecule has 3 aromatic rings.